The summed E-state index contributed by atoms with van der Waals surface area (Å²) in [6.45, 7) is 7.83. The molecule has 0 aliphatic carbocycles. The molecule has 2 aromatic rings. The van der Waals surface area contributed by atoms with Crippen LogP contribution in [0.5, 0.6) is 0 Å². The van der Waals surface area contributed by atoms with E-state index in [0.29, 0.717) is 18.0 Å². The molecule has 0 spiro atoms. The first-order valence-electron chi connectivity index (χ1n) is 9.99. The van der Waals surface area contributed by atoms with Gasteiger partial charge in [0.15, 0.2) is 5.16 Å². The van der Waals surface area contributed by atoms with E-state index in [4.69, 9.17) is 0 Å². The van der Waals surface area contributed by atoms with Gasteiger partial charge in [-0.2, -0.15) is 0 Å². The second kappa shape index (κ2) is 10.4. The first-order chi connectivity index (χ1) is 13.7. The highest BCUT2D eigenvalue weighted by atomic mass is 32.2. The summed E-state index contributed by atoms with van der Waals surface area (Å²) in [7, 11) is -0.494. The highest BCUT2D eigenvalue weighted by Gasteiger charge is 2.20. The van der Waals surface area contributed by atoms with Crippen molar-refractivity contribution in [3.63, 3.8) is 0 Å². The van der Waals surface area contributed by atoms with Crippen LogP contribution < -0.4 is 5.32 Å². The number of sulfonamides is 1. The van der Waals surface area contributed by atoms with Crippen molar-refractivity contribution < 1.29 is 13.2 Å². The summed E-state index contributed by atoms with van der Waals surface area (Å²) in [5.41, 5.74) is 1.52. The van der Waals surface area contributed by atoms with Crippen LogP contribution in [0, 0.1) is 5.92 Å². The average Bonchev–Trinajstić information content (AvgIpc) is 3.00. The second-order valence-corrected chi connectivity index (χ2v) is 10.8. The van der Waals surface area contributed by atoms with Crippen molar-refractivity contribution in [1.29, 1.82) is 0 Å². The summed E-state index contributed by atoms with van der Waals surface area (Å²) in [6, 6.07) is 5.04. The highest BCUT2D eigenvalue weighted by molar-refractivity contribution is 7.99. The number of thioether (sulfide) groups is 1. The van der Waals surface area contributed by atoms with Crippen LogP contribution in [0.15, 0.2) is 28.3 Å². The summed E-state index contributed by atoms with van der Waals surface area (Å²) < 4.78 is 28.1. The van der Waals surface area contributed by atoms with Gasteiger partial charge in [0.05, 0.1) is 21.7 Å². The fourth-order valence-electron chi connectivity index (χ4n) is 2.78. The molecule has 1 aromatic carbocycles. The van der Waals surface area contributed by atoms with Gasteiger partial charge in [-0.25, -0.2) is 17.7 Å². The minimum absolute atomic E-state index is 0.0133. The van der Waals surface area contributed by atoms with Crippen LogP contribution in [-0.2, 0) is 21.4 Å². The first-order valence-corrected chi connectivity index (χ1v) is 12.4. The largest absolute Gasteiger partial charge is 0.355 e. The Morgan fingerprint density at radius 1 is 1.31 bits per heavy atom. The van der Waals surface area contributed by atoms with E-state index < -0.39 is 10.0 Å². The quantitative estimate of drug-likeness (QED) is 0.542. The van der Waals surface area contributed by atoms with Crippen molar-refractivity contribution >= 4 is 38.7 Å². The number of nitrogens with one attached hydrogen (secondary N) is 1. The number of carbonyl (C=O) groups is 1. The number of unbranched alkanes of at least 4 members (excludes halogenated alkanes) is 1. The molecule has 29 heavy (non-hydrogen) atoms. The lowest BCUT2D eigenvalue weighted by atomic mass is 10.1. The highest BCUT2D eigenvalue weighted by Crippen LogP contribution is 2.27. The van der Waals surface area contributed by atoms with E-state index in [2.05, 4.69) is 35.6 Å². The number of carbonyl (C=O) groups excluding carboxylic acids is 1. The Hall–Kier alpha value is -1.58. The van der Waals surface area contributed by atoms with Crippen LogP contribution in [0.1, 0.15) is 40.0 Å². The van der Waals surface area contributed by atoms with Crippen LogP contribution in [0.3, 0.4) is 0 Å². The van der Waals surface area contributed by atoms with Gasteiger partial charge in [0, 0.05) is 27.2 Å². The van der Waals surface area contributed by atoms with Crippen LogP contribution in [0.4, 0.5) is 0 Å². The van der Waals surface area contributed by atoms with Gasteiger partial charge < -0.3 is 9.88 Å². The molecule has 0 bridgehead atoms. The van der Waals surface area contributed by atoms with E-state index >= 15 is 0 Å². The third-order valence-electron chi connectivity index (χ3n) is 4.57. The molecule has 0 aliphatic rings. The number of fused-ring (bicyclic) bond motifs is 1. The van der Waals surface area contributed by atoms with E-state index in [1.165, 1.54) is 30.2 Å². The maximum absolute atomic E-state index is 12.4. The first kappa shape index (κ1) is 23.7. The maximum Gasteiger partial charge on any atom is 0.242 e. The van der Waals surface area contributed by atoms with E-state index in [1.807, 2.05) is 0 Å². The maximum atomic E-state index is 12.4. The molecule has 0 unspecified atom stereocenters. The fourth-order valence-corrected chi connectivity index (χ4v) is 4.58. The van der Waals surface area contributed by atoms with Crippen molar-refractivity contribution in [2.75, 3.05) is 26.4 Å². The van der Waals surface area contributed by atoms with Crippen molar-refractivity contribution in [2.24, 2.45) is 5.92 Å². The number of hydrogen-bond acceptors (Lipinski definition) is 5. The molecule has 1 N–H and O–H groups in total. The summed E-state index contributed by atoms with van der Waals surface area (Å²) in [5, 5.41) is 3.68. The Bertz CT molecular complexity index is 937. The number of nitrogens with zero attached hydrogens (tertiary/aromatic N) is 3. The van der Waals surface area contributed by atoms with Gasteiger partial charge >= 0.3 is 0 Å². The predicted molar refractivity (Wildman–Crippen MR) is 119 cm³/mol. The Morgan fingerprint density at radius 3 is 2.66 bits per heavy atom. The molecule has 0 aliphatic heterocycles. The van der Waals surface area contributed by atoms with Crippen LogP contribution in [-0.4, -0.2) is 54.6 Å². The fraction of sp³-hybridized carbons (Fsp3) is 0.600. The molecular weight excluding hydrogens is 408 g/mol. The zero-order chi connectivity index (χ0) is 21.6. The molecule has 7 nitrogen and oxygen atoms in total. The number of hydrogen-bond donors (Lipinski definition) is 1. The molecule has 0 atom stereocenters. The number of aryl methyl sites for hydroxylation is 1. The summed E-state index contributed by atoms with van der Waals surface area (Å²) in [6.07, 6.45) is 2.97. The van der Waals surface area contributed by atoms with Crippen LogP contribution in [0.2, 0.25) is 0 Å². The standard InChI is InChI=1S/C20H32N4O3S2/c1-6-7-12-24-18-9-8-16(29(26,27)23(4)5)13-17(18)22-20(24)28-14-19(25)21-11-10-15(2)3/h8-9,13,15H,6-7,10-12,14H2,1-5H3,(H,21,25). The van der Waals surface area contributed by atoms with Crippen molar-refractivity contribution in [2.45, 2.75) is 56.6 Å². The number of benzene rings is 1. The Labute approximate surface area is 178 Å². The predicted octanol–water partition coefficient (Wildman–Crippen LogP) is 3.34. The SMILES string of the molecule is CCCCn1c(SCC(=O)NCCC(C)C)nc2cc(S(=O)(=O)N(C)C)ccc21. The lowest BCUT2D eigenvalue weighted by Crippen LogP contribution is -2.27. The number of aromatic nitrogens is 2. The zero-order valence-electron chi connectivity index (χ0n) is 17.9. The third kappa shape index (κ3) is 6.20. The lowest BCUT2D eigenvalue weighted by Gasteiger charge is -2.11. The molecule has 1 amide bonds. The molecule has 2 rings (SSSR count). The molecule has 0 saturated carbocycles. The smallest absolute Gasteiger partial charge is 0.242 e. The van der Waals surface area contributed by atoms with Crippen molar-refractivity contribution in [3.05, 3.63) is 18.2 Å². The summed E-state index contributed by atoms with van der Waals surface area (Å²) in [4.78, 5) is 17.0. The molecule has 162 valence electrons. The number of rotatable bonds is 11. The lowest BCUT2D eigenvalue weighted by molar-refractivity contribution is -0.118. The molecule has 9 heteroatoms. The van der Waals surface area contributed by atoms with E-state index in [0.717, 1.165) is 36.5 Å². The van der Waals surface area contributed by atoms with Crippen molar-refractivity contribution in [1.82, 2.24) is 19.2 Å². The molecular formula is C20H32N4O3S2. The van der Waals surface area contributed by atoms with E-state index in [1.54, 1.807) is 18.2 Å². The number of imidazole rings is 1. The minimum atomic E-state index is -3.52. The number of amides is 1. The molecule has 1 aromatic heterocycles. The molecule has 1 heterocycles. The van der Waals surface area contributed by atoms with Gasteiger partial charge in [0.25, 0.3) is 0 Å². The Balaban J connectivity index is 2.25. The Kier molecular flexibility index (Phi) is 8.54. The van der Waals surface area contributed by atoms with Crippen LogP contribution >= 0.6 is 11.8 Å². The minimum Gasteiger partial charge on any atom is -0.355 e. The molecule has 0 radical (unpaired) electrons. The van der Waals surface area contributed by atoms with Gasteiger partial charge in [-0.05, 0) is 37.0 Å². The van der Waals surface area contributed by atoms with Gasteiger partial charge in [0.1, 0.15) is 0 Å². The zero-order valence-corrected chi connectivity index (χ0v) is 19.6. The van der Waals surface area contributed by atoms with Gasteiger partial charge in [-0.1, -0.05) is 39.0 Å². The summed E-state index contributed by atoms with van der Waals surface area (Å²) >= 11 is 1.39. The van der Waals surface area contributed by atoms with E-state index in [-0.39, 0.29) is 16.6 Å². The normalized spacial score (nSPS) is 12.2. The van der Waals surface area contributed by atoms with Gasteiger partial charge in [-0.15, -0.1) is 0 Å². The second-order valence-electron chi connectivity index (χ2n) is 7.66. The average molecular weight is 441 g/mol. The monoisotopic (exact) mass is 440 g/mol. The van der Waals surface area contributed by atoms with Gasteiger partial charge in [-0.3, -0.25) is 4.79 Å². The van der Waals surface area contributed by atoms with Crippen molar-refractivity contribution in [3.8, 4) is 0 Å². The van der Waals surface area contributed by atoms with E-state index in [9.17, 15) is 13.2 Å². The Morgan fingerprint density at radius 2 is 2.03 bits per heavy atom. The summed E-state index contributed by atoms with van der Waals surface area (Å²) in [5.74, 6) is 0.825. The van der Waals surface area contributed by atoms with Gasteiger partial charge in [0.2, 0.25) is 15.9 Å². The third-order valence-corrected chi connectivity index (χ3v) is 7.36. The molecule has 0 fully saturated rings. The van der Waals surface area contributed by atoms with Crippen LogP contribution in [0.25, 0.3) is 11.0 Å². The topological polar surface area (TPSA) is 84.3 Å². The molecule has 0 saturated heterocycles.